The molecule has 3 fully saturated rings. The number of thioether (sulfide) groups is 1. The predicted molar refractivity (Wildman–Crippen MR) is 113 cm³/mol. The van der Waals surface area contributed by atoms with Crippen molar-refractivity contribution in [1.29, 1.82) is 0 Å². The van der Waals surface area contributed by atoms with E-state index < -0.39 is 15.9 Å². The number of fused-ring (bicyclic) bond motifs is 1. The van der Waals surface area contributed by atoms with Gasteiger partial charge >= 0.3 is 0 Å². The van der Waals surface area contributed by atoms with Crippen LogP contribution in [0.3, 0.4) is 0 Å². The van der Waals surface area contributed by atoms with E-state index in [2.05, 4.69) is 24.0 Å². The number of anilines is 1. The van der Waals surface area contributed by atoms with Crippen LogP contribution in [0.1, 0.15) is 38.2 Å². The Bertz CT molecular complexity index is 861. The number of rotatable bonds is 5. The Morgan fingerprint density at radius 2 is 2.07 bits per heavy atom. The summed E-state index contributed by atoms with van der Waals surface area (Å²) in [6.07, 6.45) is 4.44. The van der Waals surface area contributed by atoms with E-state index in [-0.39, 0.29) is 28.7 Å². The number of hydrogen-bond acceptors (Lipinski definition) is 5. The van der Waals surface area contributed by atoms with Crippen LogP contribution in [-0.2, 0) is 25.8 Å². The van der Waals surface area contributed by atoms with Gasteiger partial charge in [-0.1, -0.05) is 37.2 Å². The maximum absolute atomic E-state index is 12.5. The first-order valence-electron chi connectivity index (χ1n) is 9.96. The average Bonchev–Trinajstić information content (AvgIpc) is 3.35. The summed E-state index contributed by atoms with van der Waals surface area (Å²) in [5.41, 5.74) is 2.17. The summed E-state index contributed by atoms with van der Waals surface area (Å²) in [7, 11) is -3.06. The summed E-state index contributed by atoms with van der Waals surface area (Å²) in [5.74, 6) is -0.0111. The Hall–Kier alpha value is -1.38. The highest BCUT2D eigenvalue weighted by Crippen LogP contribution is 2.41. The zero-order valence-corrected chi connectivity index (χ0v) is 17.7. The van der Waals surface area contributed by atoms with Crippen LogP contribution < -0.4 is 4.90 Å². The molecule has 0 aromatic heterocycles. The van der Waals surface area contributed by atoms with Crippen LogP contribution in [0.25, 0.3) is 0 Å². The molecule has 0 N–H and O–H groups in total. The van der Waals surface area contributed by atoms with Crippen molar-refractivity contribution in [1.82, 2.24) is 0 Å². The summed E-state index contributed by atoms with van der Waals surface area (Å²) in [6.45, 7) is 2.77. The van der Waals surface area contributed by atoms with Gasteiger partial charge < -0.3 is 9.64 Å². The summed E-state index contributed by atoms with van der Waals surface area (Å²) in [4.78, 5) is 18.8. The van der Waals surface area contributed by atoms with Gasteiger partial charge in [0.25, 0.3) is 5.91 Å². The maximum atomic E-state index is 12.5. The molecule has 0 spiro atoms. The molecule has 3 saturated heterocycles. The highest BCUT2D eigenvalue weighted by atomic mass is 32.2. The second kappa shape index (κ2) is 8.16. The molecule has 0 saturated carbocycles. The van der Waals surface area contributed by atoms with Crippen LogP contribution in [0, 0.1) is 0 Å². The van der Waals surface area contributed by atoms with E-state index in [9.17, 15) is 13.2 Å². The molecule has 6 nitrogen and oxygen atoms in total. The van der Waals surface area contributed by atoms with Crippen molar-refractivity contribution in [3.63, 3.8) is 0 Å². The first-order valence-corrected chi connectivity index (χ1v) is 12.7. The van der Waals surface area contributed by atoms with Gasteiger partial charge in [-0.05, 0) is 43.4 Å². The molecule has 3 atom stereocenters. The quantitative estimate of drug-likeness (QED) is 0.726. The number of hydrogen-bond donors (Lipinski definition) is 0. The number of unbranched alkanes of at least 4 members (excludes halogenated alkanes) is 1. The zero-order valence-electron chi connectivity index (χ0n) is 16.0. The minimum atomic E-state index is -3.06. The molecule has 0 aliphatic carbocycles. The summed E-state index contributed by atoms with van der Waals surface area (Å²) in [5, 5.41) is 0.521. The van der Waals surface area contributed by atoms with Gasteiger partial charge in [0.2, 0.25) is 0 Å². The lowest BCUT2D eigenvalue weighted by Gasteiger charge is -2.25. The molecule has 0 unspecified atom stereocenters. The van der Waals surface area contributed by atoms with Crippen molar-refractivity contribution in [2.75, 3.05) is 23.0 Å². The predicted octanol–water partition coefficient (Wildman–Crippen LogP) is 2.81. The van der Waals surface area contributed by atoms with Crippen LogP contribution in [0.2, 0.25) is 0 Å². The van der Waals surface area contributed by atoms with Gasteiger partial charge in [-0.25, -0.2) is 8.42 Å². The summed E-state index contributed by atoms with van der Waals surface area (Å²) < 4.78 is 29.8. The highest BCUT2D eigenvalue weighted by molar-refractivity contribution is 8.16. The molecular weight excluding hydrogens is 396 g/mol. The third-order valence-corrected chi connectivity index (χ3v) is 8.72. The van der Waals surface area contributed by atoms with Gasteiger partial charge in [0, 0.05) is 17.5 Å². The van der Waals surface area contributed by atoms with Gasteiger partial charge in [-0.2, -0.15) is 4.99 Å². The molecule has 0 bridgehead atoms. The lowest BCUT2D eigenvalue weighted by atomic mass is 10.1. The maximum Gasteiger partial charge on any atom is 0.277 e. The number of sulfone groups is 1. The molecule has 3 aliphatic heterocycles. The van der Waals surface area contributed by atoms with E-state index in [1.807, 2.05) is 17.0 Å². The second-order valence-electron chi connectivity index (χ2n) is 7.67. The molecule has 0 radical (unpaired) electrons. The van der Waals surface area contributed by atoms with E-state index in [1.54, 1.807) is 0 Å². The van der Waals surface area contributed by atoms with E-state index in [0.29, 0.717) is 18.2 Å². The van der Waals surface area contributed by atoms with Gasteiger partial charge in [-0.3, -0.25) is 4.79 Å². The highest BCUT2D eigenvalue weighted by Gasteiger charge is 2.49. The van der Waals surface area contributed by atoms with Crippen molar-refractivity contribution < 1.29 is 17.9 Å². The van der Waals surface area contributed by atoms with E-state index in [0.717, 1.165) is 31.4 Å². The summed E-state index contributed by atoms with van der Waals surface area (Å²) in [6, 6.07) is 8.04. The first kappa shape index (κ1) is 19.9. The van der Waals surface area contributed by atoms with E-state index >= 15 is 0 Å². The number of ether oxygens (including phenoxy) is 1. The molecule has 4 rings (SSSR count). The number of nitrogens with zero attached hydrogens (tertiary/aromatic N) is 2. The minimum Gasteiger partial charge on any atom is -0.368 e. The molecule has 1 aromatic carbocycles. The fourth-order valence-corrected chi connectivity index (χ4v) is 7.93. The van der Waals surface area contributed by atoms with Crippen molar-refractivity contribution >= 4 is 38.4 Å². The molecule has 3 aliphatic rings. The van der Waals surface area contributed by atoms with E-state index in [1.165, 1.54) is 17.3 Å². The Labute approximate surface area is 170 Å². The van der Waals surface area contributed by atoms with Crippen LogP contribution in [-0.4, -0.2) is 55.0 Å². The molecule has 8 heteroatoms. The summed E-state index contributed by atoms with van der Waals surface area (Å²) >= 11 is 1.41. The largest absolute Gasteiger partial charge is 0.368 e. The number of aliphatic imine (C=N–C) groups is 1. The average molecular weight is 423 g/mol. The zero-order chi connectivity index (χ0) is 19.7. The first-order chi connectivity index (χ1) is 13.5. The number of amidine groups is 1. The monoisotopic (exact) mass is 422 g/mol. The Balaban J connectivity index is 1.61. The van der Waals surface area contributed by atoms with Gasteiger partial charge in [0.1, 0.15) is 6.10 Å². The minimum absolute atomic E-state index is 0.0826. The number of benzene rings is 1. The SMILES string of the molecule is CCCCc1ccc(N2C(=NC(=O)[C@@H]3CCCO3)S[C@@H]3CS(=O)(=O)C[C@H]32)cc1. The molecule has 28 heavy (non-hydrogen) atoms. The Morgan fingerprint density at radius 1 is 1.29 bits per heavy atom. The van der Waals surface area contributed by atoms with Crippen molar-refractivity contribution in [3.8, 4) is 0 Å². The number of aryl methyl sites for hydroxylation is 1. The normalized spacial score (nSPS) is 30.1. The third kappa shape index (κ3) is 4.14. The van der Waals surface area contributed by atoms with Crippen LogP contribution in [0.15, 0.2) is 29.3 Å². The number of amides is 1. The Morgan fingerprint density at radius 3 is 2.75 bits per heavy atom. The lowest BCUT2D eigenvalue weighted by Crippen LogP contribution is -2.38. The molecule has 152 valence electrons. The van der Waals surface area contributed by atoms with Gasteiger partial charge in [0.15, 0.2) is 15.0 Å². The van der Waals surface area contributed by atoms with Crippen molar-refractivity contribution in [2.45, 2.75) is 56.4 Å². The van der Waals surface area contributed by atoms with Crippen LogP contribution >= 0.6 is 11.8 Å². The Kier molecular flexibility index (Phi) is 5.81. The fourth-order valence-electron chi connectivity index (χ4n) is 4.01. The van der Waals surface area contributed by atoms with Crippen LogP contribution in [0.4, 0.5) is 5.69 Å². The standard InChI is InChI=1S/C20H26N2O4S2/c1-2-3-5-14-7-9-15(10-8-14)22-16-12-28(24,25)13-18(16)27-20(22)21-19(23)17-6-4-11-26-17/h7-10,16-18H,2-6,11-13H2,1H3/t16-,17+,18-/m1/s1. The van der Waals surface area contributed by atoms with Gasteiger partial charge in [0.05, 0.1) is 17.5 Å². The number of carbonyl (C=O) groups is 1. The molecular formula is C20H26N2O4S2. The van der Waals surface area contributed by atoms with Gasteiger partial charge in [-0.15, -0.1) is 0 Å². The molecule has 3 heterocycles. The second-order valence-corrected chi connectivity index (χ2v) is 11.0. The fraction of sp³-hybridized carbons (Fsp3) is 0.600. The van der Waals surface area contributed by atoms with Crippen molar-refractivity contribution in [2.24, 2.45) is 4.99 Å². The third-order valence-electron chi connectivity index (χ3n) is 5.51. The molecule has 1 amide bonds. The van der Waals surface area contributed by atoms with Crippen molar-refractivity contribution in [3.05, 3.63) is 29.8 Å². The van der Waals surface area contributed by atoms with E-state index in [4.69, 9.17) is 4.74 Å². The molecule has 1 aromatic rings. The lowest BCUT2D eigenvalue weighted by molar-refractivity contribution is -0.126. The smallest absolute Gasteiger partial charge is 0.277 e. The number of carbonyl (C=O) groups excluding carboxylic acids is 1. The topological polar surface area (TPSA) is 76.0 Å². The van der Waals surface area contributed by atoms with Crippen LogP contribution in [0.5, 0.6) is 0 Å².